The molecule has 0 spiro atoms. The maximum Gasteiger partial charge on any atom is 0.129 e. The highest BCUT2D eigenvalue weighted by Gasteiger charge is 2.06. The number of nitrogens with two attached hydrogens (primary N) is 1. The number of halogens is 3. The predicted octanol–water partition coefficient (Wildman–Crippen LogP) is 3.89. The summed E-state index contributed by atoms with van der Waals surface area (Å²) in [6.45, 7) is 0.135. The molecule has 0 heterocycles. The molecule has 0 aliphatic carbocycles. The highest BCUT2D eigenvalue weighted by atomic mass is 79.9. The van der Waals surface area contributed by atoms with Crippen LogP contribution >= 0.6 is 15.9 Å². The summed E-state index contributed by atoms with van der Waals surface area (Å²) in [6, 6.07) is 8.38. The predicted molar refractivity (Wildman–Crippen MR) is 69.2 cm³/mol. The lowest BCUT2D eigenvalue weighted by Crippen LogP contribution is -2.01. The minimum absolute atomic E-state index is 0.127. The van der Waals surface area contributed by atoms with Crippen LogP contribution in [0.1, 0.15) is 5.56 Å². The molecule has 94 valence electrons. The summed E-state index contributed by atoms with van der Waals surface area (Å²) < 4.78 is 32.0. The van der Waals surface area contributed by atoms with Crippen LogP contribution in [0.5, 0.6) is 5.75 Å². The first-order chi connectivity index (χ1) is 8.56. The molecule has 0 bridgehead atoms. The Labute approximate surface area is 112 Å². The molecule has 0 aliphatic rings. The molecular formula is C13H10BrF2NO. The lowest BCUT2D eigenvalue weighted by Gasteiger charge is -2.10. The Morgan fingerprint density at radius 1 is 1.11 bits per heavy atom. The third-order valence-electron chi connectivity index (χ3n) is 2.37. The molecule has 0 aromatic heterocycles. The SMILES string of the molecule is Nc1cccc(Br)c1COc1cc(F)cc(F)c1. The molecule has 2 rings (SSSR count). The Kier molecular flexibility index (Phi) is 3.81. The van der Waals surface area contributed by atoms with Crippen LogP contribution in [-0.4, -0.2) is 0 Å². The van der Waals surface area contributed by atoms with Crippen molar-refractivity contribution in [3.05, 3.63) is 58.1 Å². The zero-order chi connectivity index (χ0) is 13.1. The smallest absolute Gasteiger partial charge is 0.129 e. The van der Waals surface area contributed by atoms with Crippen LogP contribution in [0.2, 0.25) is 0 Å². The molecule has 2 aromatic carbocycles. The summed E-state index contributed by atoms with van der Waals surface area (Å²) in [4.78, 5) is 0. The van der Waals surface area contributed by atoms with Crippen molar-refractivity contribution in [1.29, 1.82) is 0 Å². The molecule has 0 atom stereocenters. The molecule has 5 heteroatoms. The van der Waals surface area contributed by atoms with Gasteiger partial charge in [0.2, 0.25) is 0 Å². The van der Waals surface area contributed by atoms with E-state index in [1.807, 2.05) is 6.07 Å². The highest BCUT2D eigenvalue weighted by molar-refractivity contribution is 9.10. The van der Waals surface area contributed by atoms with Crippen LogP contribution in [0.25, 0.3) is 0 Å². The summed E-state index contributed by atoms with van der Waals surface area (Å²) in [5.74, 6) is -1.22. The van der Waals surface area contributed by atoms with E-state index in [0.717, 1.165) is 28.2 Å². The second-order valence-electron chi connectivity index (χ2n) is 3.70. The molecule has 0 aliphatic heterocycles. The Balaban J connectivity index is 2.16. The van der Waals surface area contributed by atoms with Gasteiger partial charge >= 0.3 is 0 Å². The number of rotatable bonds is 3. The van der Waals surface area contributed by atoms with Crippen LogP contribution in [0.4, 0.5) is 14.5 Å². The largest absolute Gasteiger partial charge is 0.489 e. The third-order valence-corrected chi connectivity index (χ3v) is 3.12. The fraction of sp³-hybridized carbons (Fsp3) is 0.0769. The molecule has 18 heavy (non-hydrogen) atoms. The molecule has 0 saturated heterocycles. The second-order valence-corrected chi connectivity index (χ2v) is 4.56. The van der Waals surface area contributed by atoms with Gasteiger partial charge in [0, 0.05) is 33.9 Å². The van der Waals surface area contributed by atoms with Gasteiger partial charge in [-0.15, -0.1) is 0 Å². The van der Waals surface area contributed by atoms with E-state index in [1.54, 1.807) is 12.1 Å². The molecule has 0 radical (unpaired) electrons. The monoisotopic (exact) mass is 313 g/mol. The highest BCUT2D eigenvalue weighted by Crippen LogP contribution is 2.25. The van der Waals surface area contributed by atoms with Gasteiger partial charge in [0.25, 0.3) is 0 Å². The van der Waals surface area contributed by atoms with Crippen LogP contribution in [0.15, 0.2) is 40.9 Å². The third kappa shape index (κ3) is 2.98. The summed E-state index contributed by atoms with van der Waals surface area (Å²) >= 11 is 3.34. The Morgan fingerprint density at radius 2 is 1.78 bits per heavy atom. The first kappa shape index (κ1) is 12.8. The summed E-state index contributed by atoms with van der Waals surface area (Å²) in [5.41, 5.74) is 7.08. The van der Waals surface area contributed by atoms with Crippen LogP contribution in [0.3, 0.4) is 0 Å². The van der Waals surface area contributed by atoms with Crippen molar-refractivity contribution in [2.75, 3.05) is 5.73 Å². The molecule has 2 N–H and O–H groups in total. The van der Waals surface area contributed by atoms with Gasteiger partial charge in [-0.2, -0.15) is 0 Å². The Morgan fingerprint density at radius 3 is 2.39 bits per heavy atom. The summed E-state index contributed by atoms with van der Waals surface area (Å²) in [6.07, 6.45) is 0. The van der Waals surface area contributed by atoms with Gasteiger partial charge in [-0.3, -0.25) is 0 Å². The molecule has 0 amide bonds. The number of hydrogen-bond acceptors (Lipinski definition) is 2. The van der Waals surface area contributed by atoms with Gasteiger partial charge < -0.3 is 10.5 Å². The molecule has 0 fully saturated rings. The Hall–Kier alpha value is -1.62. The van der Waals surface area contributed by atoms with Crippen molar-refractivity contribution >= 4 is 21.6 Å². The first-order valence-corrected chi connectivity index (χ1v) is 5.97. The quantitative estimate of drug-likeness (QED) is 0.873. The van der Waals surface area contributed by atoms with Gasteiger partial charge in [0.05, 0.1) is 0 Å². The molecule has 2 nitrogen and oxygen atoms in total. The number of ether oxygens (including phenoxy) is 1. The normalized spacial score (nSPS) is 10.4. The van der Waals surface area contributed by atoms with E-state index in [9.17, 15) is 8.78 Å². The fourth-order valence-corrected chi connectivity index (χ4v) is 1.99. The minimum atomic E-state index is -0.676. The van der Waals surface area contributed by atoms with E-state index in [-0.39, 0.29) is 12.4 Å². The van der Waals surface area contributed by atoms with Crippen molar-refractivity contribution in [1.82, 2.24) is 0 Å². The van der Waals surface area contributed by atoms with Gasteiger partial charge in [-0.25, -0.2) is 8.78 Å². The minimum Gasteiger partial charge on any atom is -0.489 e. The summed E-state index contributed by atoms with van der Waals surface area (Å²) in [5, 5.41) is 0. The molecular weight excluding hydrogens is 304 g/mol. The van der Waals surface area contributed by atoms with E-state index in [0.29, 0.717) is 5.69 Å². The number of anilines is 1. The van der Waals surface area contributed by atoms with Gasteiger partial charge in [0.15, 0.2) is 0 Å². The van der Waals surface area contributed by atoms with E-state index < -0.39 is 11.6 Å². The van der Waals surface area contributed by atoms with Crippen molar-refractivity contribution in [3.63, 3.8) is 0 Å². The number of benzene rings is 2. The average Bonchev–Trinajstić information content (AvgIpc) is 2.27. The zero-order valence-corrected chi connectivity index (χ0v) is 10.9. The Bertz CT molecular complexity index is 534. The summed E-state index contributed by atoms with van der Waals surface area (Å²) in [7, 11) is 0. The topological polar surface area (TPSA) is 35.2 Å². The lowest BCUT2D eigenvalue weighted by molar-refractivity contribution is 0.302. The van der Waals surface area contributed by atoms with E-state index >= 15 is 0 Å². The van der Waals surface area contributed by atoms with Gasteiger partial charge in [-0.05, 0) is 12.1 Å². The van der Waals surface area contributed by atoms with Gasteiger partial charge in [-0.1, -0.05) is 22.0 Å². The van der Waals surface area contributed by atoms with Crippen LogP contribution < -0.4 is 10.5 Å². The van der Waals surface area contributed by atoms with Crippen molar-refractivity contribution in [2.24, 2.45) is 0 Å². The van der Waals surface area contributed by atoms with Crippen LogP contribution in [0, 0.1) is 11.6 Å². The van der Waals surface area contributed by atoms with Crippen molar-refractivity contribution < 1.29 is 13.5 Å². The molecule has 2 aromatic rings. The van der Waals surface area contributed by atoms with E-state index in [1.165, 1.54) is 0 Å². The average molecular weight is 314 g/mol. The fourth-order valence-electron chi connectivity index (χ4n) is 1.49. The van der Waals surface area contributed by atoms with Crippen molar-refractivity contribution in [3.8, 4) is 5.75 Å². The van der Waals surface area contributed by atoms with E-state index in [2.05, 4.69) is 15.9 Å². The lowest BCUT2D eigenvalue weighted by atomic mass is 10.2. The molecule has 0 saturated carbocycles. The maximum absolute atomic E-state index is 13.0. The number of nitrogen functional groups attached to an aromatic ring is 1. The van der Waals surface area contributed by atoms with Gasteiger partial charge in [0.1, 0.15) is 24.0 Å². The molecule has 0 unspecified atom stereocenters. The maximum atomic E-state index is 13.0. The van der Waals surface area contributed by atoms with E-state index in [4.69, 9.17) is 10.5 Å². The first-order valence-electron chi connectivity index (χ1n) is 5.18. The number of hydrogen-bond donors (Lipinski definition) is 1. The van der Waals surface area contributed by atoms with Crippen molar-refractivity contribution in [2.45, 2.75) is 6.61 Å². The zero-order valence-electron chi connectivity index (χ0n) is 9.29. The standard InChI is InChI=1S/C13H10BrF2NO/c14-12-2-1-3-13(17)11(12)7-18-10-5-8(15)4-9(16)6-10/h1-6H,7,17H2. The second kappa shape index (κ2) is 5.35. The van der Waals surface area contributed by atoms with Crippen LogP contribution in [-0.2, 0) is 6.61 Å².